The van der Waals surface area contributed by atoms with E-state index < -0.39 is 6.36 Å². The van der Waals surface area contributed by atoms with Crippen LogP contribution in [0.3, 0.4) is 0 Å². The molecule has 1 N–H and O–H groups in total. The van der Waals surface area contributed by atoms with Crippen LogP contribution >= 0.6 is 0 Å². The van der Waals surface area contributed by atoms with E-state index >= 15 is 0 Å². The molecular weight excluding hydrogens is 441 g/mol. The number of halogens is 3. The van der Waals surface area contributed by atoms with E-state index in [0.29, 0.717) is 22.7 Å². The molecule has 0 saturated heterocycles. The SMILES string of the molecule is Cc1cc2c(cc1C#N)nc(Nc1ccc(OC(F)(F)F)cc1)n2C1CC(C)(C)CC(C)(C)C1. The van der Waals surface area contributed by atoms with Crippen LogP contribution in [0.4, 0.5) is 24.8 Å². The number of imidazole rings is 1. The molecule has 1 heterocycles. The second kappa shape index (κ2) is 8.23. The molecule has 0 atom stereocenters. The molecule has 1 saturated carbocycles. The lowest BCUT2D eigenvalue weighted by Gasteiger charge is -2.45. The number of benzene rings is 2. The van der Waals surface area contributed by atoms with Crippen molar-refractivity contribution >= 4 is 22.7 Å². The number of aryl methyl sites for hydroxylation is 1. The van der Waals surface area contributed by atoms with Gasteiger partial charge in [0.2, 0.25) is 5.95 Å². The van der Waals surface area contributed by atoms with E-state index in [2.05, 4.69) is 48.4 Å². The Kier molecular flexibility index (Phi) is 5.79. The van der Waals surface area contributed by atoms with Crippen LogP contribution < -0.4 is 10.1 Å². The molecule has 180 valence electrons. The summed E-state index contributed by atoms with van der Waals surface area (Å²) in [7, 11) is 0. The molecule has 3 aromatic rings. The number of hydrogen-bond acceptors (Lipinski definition) is 4. The lowest BCUT2D eigenvalue weighted by Crippen LogP contribution is -2.35. The largest absolute Gasteiger partial charge is 0.573 e. The van der Waals surface area contributed by atoms with Gasteiger partial charge in [-0.2, -0.15) is 5.26 Å². The van der Waals surface area contributed by atoms with Gasteiger partial charge in [0.15, 0.2) is 0 Å². The lowest BCUT2D eigenvalue weighted by atomic mass is 9.63. The summed E-state index contributed by atoms with van der Waals surface area (Å²) in [5.41, 5.74) is 3.97. The summed E-state index contributed by atoms with van der Waals surface area (Å²) in [5.74, 6) is 0.323. The Hall–Kier alpha value is -3.21. The van der Waals surface area contributed by atoms with E-state index in [0.717, 1.165) is 30.3 Å². The summed E-state index contributed by atoms with van der Waals surface area (Å²) in [6.07, 6.45) is -1.69. The Labute approximate surface area is 197 Å². The zero-order valence-corrected chi connectivity index (χ0v) is 20.0. The summed E-state index contributed by atoms with van der Waals surface area (Å²) in [6, 6.07) is 11.8. The van der Waals surface area contributed by atoms with Crippen LogP contribution in [0.25, 0.3) is 11.0 Å². The molecule has 1 fully saturated rings. The van der Waals surface area contributed by atoms with Gasteiger partial charge in [-0.05, 0) is 79.0 Å². The summed E-state index contributed by atoms with van der Waals surface area (Å²) < 4.78 is 43.7. The molecule has 1 aromatic heterocycles. The fourth-order valence-electron chi connectivity index (χ4n) is 5.66. The Morgan fingerprint density at radius 3 is 2.26 bits per heavy atom. The highest BCUT2D eigenvalue weighted by molar-refractivity contribution is 5.82. The van der Waals surface area contributed by atoms with Crippen molar-refractivity contribution in [3.63, 3.8) is 0 Å². The van der Waals surface area contributed by atoms with Crippen molar-refractivity contribution in [1.29, 1.82) is 5.26 Å². The van der Waals surface area contributed by atoms with Gasteiger partial charge in [-0.1, -0.05) is 27.7 Å². The molecular formula is C26H29F3N4O. The predicted octanol–water partition coefficient (Wildman–Crippen LogP) is 7.64. The summed E-state index contributed by atoms with van der Waals surface area (Å²) in [5, 5.41) is 12.8. The highest BCUT2D eigenvalue weighted by Crippen LogP contribution is 2.51. The number of rotatable bonds is 4. The fraction of sp³-hybridized carbons (Fsp3) is 0.462. The van der Waals surface area contributed by atoms with Gasteiger partial charge in [-0.3, -0.25) is 0 Å². The smallest absolute Gasteiger partial charge is 0.406 e. The van der Waals surface area contributed by atoms with Gasteiger partial charge in [0.1, 0.15) is 5.75 Å². The first-order valence-corrected chi connectivity index (χ1v) is 11.3. The highest BCUT2D eigenvalue weighted by Gasteiger charge is 2.40. The van der Waals surface area contributed by atoms with Crippen LogP contribution in [0, 0.1) is 29.1 Å². The Balaban J connectivity index is 1.78. The number of nitrogens with one attached hydrogen (secondary N) is 1. The zero-order valence-electron chi connectivity index (χ0n) is 20.0. The average molecular weight is 471 g/mol. The topological polar surface area (TPSA) is 62.9 Å². The van der Waals surface area contributed by atoms with Crippen molar-refractivity contribution in [3.8, 4) is 11.8 Å². The lowest BCUT2D eigenvalue weighted by molar-refractivity contribution is -0.274. The van der Waals surface area contributed by atoms with Gasteiger partial charge in [0, 0.05) is 11.7 Å². The number of nitriles is 1. The molecule has 0 aliphatic heterocycles. The van der Waals surface area contributed by atoms with Crippen molar-refractivity contribution in [1.82, 2.24) is 9.55 Å². The Bertz CT molecular complexity index is 1230. The number of ether oxygens (including phenoxy) is 1. The minimum absolute atomic E-state index is 0.137. The van der Waals surface area contributed by atoms with Gasteiger partial charge in [-0.15, -0.1) is 13.2 Å². The Morgan fingerprint density at radius 2 is 1.71 bits per heavy atom. The van der Waals surface area contributed by atoms with Gasteiger partial charge >= 0.3 is 6.36 Å². The molecule has 34 heavy (non-hydrogen) atoms. The molecule has 0 amide bonds. The van der Waals surface area contributed by atoms with E-state index in [1.807, 2.05) is 13.0 Å². The highest BCUT2D eigenvalue weighted by atomic mass is 19.4. The van der Waals surface area contributed by atoms with Crippen LogP contribution in [0.15, 0.2) is 36.4 Å². The molecule has 2 aromatic carbocycles. The number of aromatic nitrogens is 2. The molecule has 0 radical (unpaired) electrons. The van der Waals surface area contributed by atoms with Crippen molar-refractivity contribution < 1.29 is 17.9 Å². The number of anilines is 2. The zero-order chi connectivity index (χ0) is 24.9. The molecule has 0 unspecified atom stereocenters. The van der Waals surface area contributed by atoms with Crippen LogP contribution in [-0.4, -0.2) is 15.9 Å². The summed E-state index contributed by atoms with van der Waals surface area (Å²) in [6.45, 7) is 11.0. The van der Waals surface area contributed by atoms with E-state index in [1.54, 1.807) is 6.07 Å². The van der Waals surface area contributed by atoms with Gasteiger partial charge in [-0.25, -0.2) is 4.98 Å². The molecule has 1 aliphatic carbocycles. The van der Waals surface area contributed by atoms with Gasteiger partial charge in [0.05, 0.1) is 22.7 Å². The number of nitrogens with zero attached hydrogens (tertiary/aromatic N) is 3. The number of alkyl halides is 3. The molecule has 0 bridgehead atoms. The first-order chi connectivity index (χ1) is 15.8. The maximum atomic E-state index is 12.5. The maximum absolute atomic E-state index is 12.5. The third-order valence-electron chi connectivity index (χ3n) is 6.40. The number of fused-ring (bicyclic) bond motifs is 1. The molecule has 5 nitrogen and oxygen atoms in total. The maximum Gasteiger partial charge on any atom is 0.573 e. The van der Waals surface area contributed by atoms with E-state index in [1.165, 1.54) is 24.3 Å². The summed E-state index contributed by atoms with van der Waals surface area (Å²) in [4.78, 5) is 4.80. The van der Waals surface area contributed by atoms with Crippen LogP contribution in [-0.2, 0) is 0 Å². The molecule has 4 rings (SSSR count). The van der Waals surface area contributed by atoms with Crippen molar-refractivity contribution in [2.24, 2.45) is 10.8 Å². The van der Waals surface area contributed by atoms with Gasteiger partial charge < -0.3 is 14.6 Å². The normalized spacial score (nSPS) is 18.0. The second-order valence-electron chi connectivity index (χ2n) is 10.8. The van der Waals surface area contributed by atoms with Crippen molar-refractivity contribution in [2.45, 2.75) is 66.3 Å². The first-order valence-electron chi connectivity index (χ1n) is 11.3. The second-order valence-corrected chi connectivity index (χ2v) is 10.8. The van der Waals surface area contributed by atoms with Crippen molar-refractivity contribution in [3.05, 3.63) is 47.5 Å². The van der Waals surface area contributed by atoms with Crippen molar-refractivity contribution in [2.75, 3.05) is 5.32 Å². The first kappa shape index (κ1) is 23.9. The monoisotopic (exact) mass is 470 g/mol. The fourth-order valence-corrected chi connectivity index (χ4v) is 5.66. The third-order valence-corrected chi connectivity index (χ3v) is 6.40. The third kappa shape index (κ3) is 5.14. The molecule has 1 aliphatic rings. The standard InChI is InChI=1S/C26H29F3N4O/c1-16-10-22-21(11-17(16)14-30)32-23(31-18-6-8-20(9-7-18)34-26(27,28)29)33(22)19-12-24(2,3)15-25(4,5)13-19/h6-11,19H,12-13,15H2,1-5H3,(H,31,32). The predicted molar refractivity (Wildman–Crippen MR) is 126 cm³/mol. The van der Waals surface area contributed by atoms with Gasteiger partial charge in [0.25, 0.3) is 0 Å². The van der Waals surface area contributed by atoms with E-state index in [-0.39, 0.29) is 22.6 Å². The number of hydrogen-bond donors (Lipinski definition) is 1. The minimum Gasteiger partial charge on any atom is -0.406 e. The quantitative estimate of drug-likeness (QED) is 0.426. The van der Waals surface area contributed by atoms with Crippen LogP contribution in [0.2, 0.25) is 0 Å². The van der Waals surface area contributed by atoms with E-state index in [9.17, 15) is 18.4 Å². The summed E-state index contributed by atoms with van der Waals surface area (Å²) >= 11 is 0. The van der Waals surface area contributed by atoms with Crippen LogP contribution in [0.1, 0.15) is 64.1 Å². The van der Waals surface area contributed by atoms with E-state index in [4.69, 9.17) is 4.98 Å². The average Bonchev–Trinajstić information content (AvgIpc) is 3.02. The van der Waals surface area contributed by atoms with Crippen LogP contribution in [0.5, 0.6) is 5.75 Å². The molecule has 0 spiro atoms. The Morgan fingerprint density at radius 1 is 1.09 bits per heavy atom. The minimum atomic E-state index is -4.74. The molecule has 8 heteroatoms.